The average Bonchev–Trinajstić information content (AvgIpc) is 2.39. The SMILES string of the molecule is C=Cc1cccc(S(=O)c2ccccc2)c1. The van der Waals surface area contributed by atoms with Crippen LogP contribution in [0.5, 0.6) is 0 Å². The van der Waals surface area contributed by atoms with Crippen LogP contribution in [-0.4, -0.2) is 4.21 Å². The van der Waals surface area contributed by atoms with Crippen molar-refractivity contribution in [2.24, 2.45) is 0 Å². The van der Waals surface area contributed by atoms with Gasteiger partial charge in [0.2, 0.25) is 0 Å². The standard InChI is InChI=1S/C14H12OS/c1-2-12-7-6-10-14(11-12)16(15)13-8-4-3-5-9-13/h2-11H,1H2. The van der Waals surface area contributed by atoms with E-state index in [0.717, 1.165) is 15.4 Å². The highest BCUT2D eigenvalue weighted by molar-refractivity contribution is 7.85. The number of hydrogen-bond donors (Lipinski definition) is 0. The predicted molar refractivity (Wildman–Crippen MR) is 67.6 cm³/mol. The monoisotopic (exact) mass is 228 g/mol. The highest BCUT2D eigenvalue weighted by Crippen LogP contribution is 2.17. The minimum Gasteiger partial charge on any atom is -0.249 e. The van der Waals surface area contributed by atoms with Crippen LogP contribution in [0.4, 0.5) is 0 Å². The molecule has 0 fully saturated rings. The summed E-state index contributed by atoms with van der Waals surface area (Å²) < 4.78 is 12.2. The lowest BCUT2D eigenvalue weighted by Crippen LogP contribution is -1.92. The molecule has 0 saturated carbocycles. The first-order valence-electron chi connectivity index (χ1n) is 5.00. The molecule has 0 aliphatic rings. The van der Waals surface area contributed by atoms with Gasteiger partial charge in [-0.25, -0.2) is 4.21 Å². The zero-order valence-electron chi connectivity index (χ0n) is 8.80. The van der Waals surface area contributed by atoms with Gasteiger partial charge < -0.3 is 0 Å². The maximum absolute atomic E-state index is 12.2. The van der Waals surface area contributed by atoms with Crippen molar-refractivity contribution in [1.29, 1.82) is 0 Å². The highest BCUT2D eigenvalue weighted by atomic mass is 32.2. The quantitative estimate of drug-likeness (QED) is 0.786. The summed E-state index contributed by atoms with van der Waals surface area (Å²) in [5, 5.41) is 0. The topological polar surface area (TPSA) is 17.1 Å². The summed E-state index contributed by atoms with van der Waals surface area (Å²) >= 11 is 0. The molecule has 1 atom stereocenters. The molecule has 1 unspecified atom stereocenters. The highest BCUT2D eigenvalue weighted by Gasteiger charge is 2.05. The van der Waals surface area contributed by atoms with Gasteiger partial charge in [-0.15, -0.1) is 0 Å². The fraction of sp³-hybridized carbons (Fsp3) is 0. The fourth-order valence-corrected chi connectivity index (χ4v) is 2.56. The summed E-state index contributed by atoms with van der Waals surface area (Å²) in [6, 6.07) is 17.1. The normalized spacial score (nSPS) is 12.0. The van der Waals surface area contributed by atoms with E-state index in [2.05, 4.69) is 6.58 Å². The lowest BCUT2D eigenvalue weighted by molar-refractivity contribution is 0.683. The first-order chi connectivity index (χ1) is 7.81. The molecule has 2 rings (SSSR count). The van der Waals surface area contributed by atoms with E-state index in [9.17, 15) is 4.21 Å². The molecule has 2 aromatic carbocycles. The molecule has 0 aliphatic carbocycles. The Bertz CT molecular complexity index is 517. The van der Waals surface area contributed by atoms with Gasteiger partial charge in [0.05, 0.1) is 10.8 Å². The molecule has 0 amide bonds. The van der Waals surface area contributed by atoms with E-state index in [0.29, 0.717) is 0 Å². The van der Waals surface area contributed by atoms with Crippen molar-refractivity contribution >= 4 is 16.9 Å². The second-order valence-electron chi connectivity index (χ2n) is 3.36. The summed E-state index contributed by atoms with van der Waals surface area (Å²) in [6.07, 6.45) is 1.76. The third-order valence-corrected chi connectivity index (χ3v) is 3.65. The first kappa shape index (κ1) is 10.8. The molecule has 0 N–H and O–H groups in total. The molecule has 1 nitrogen and oxygen atoms in total. The zero-order chi connectivity index (χ0) is 11.4. The summed E-state index contributed by atoms with van der Waals surface area (Å²) in [7, 11) is -1.11. The Balaban J connectivity index is 2.38. The lowest BCUT2D eigenvalue weighted by Gasteiger charge is -2.02. The van der Waals surface area contributed by atoms with Gasteiger partial charge in [0.15, 0.2) is 0 Å². The van der Waals surface area contributed by atoms with E-state index in [1.807, 2.05) is 54.6 Å². The smallest absolute Gasteiger partial charge is 0.0849 e. The largest absolute Gasteiger partial charge is 0.249 e. The minimum atomic E-state index is -1.11. The molecular weight excluding hydrogens is 216 g/mol. The van der Waals surface area contributed by atoms with E-state index in [1.54, 1.807) is 6.08 Å². The van der Waals surface area contributed by atoms with Crippen molar-refractivity contribution in [1.82, 2.24) is 0 Å². The maximum atomic E-state index is 12.2. The number of hydrogen-bond acceptors (Lipinski definition) is 1. The molecule has 0 spiro atoms. The van der Waals surface area contributed by atoms with Gasteiger partial charge >= 0.3 is 0 Å². The number of benzene rings is 2. The van der Waals surface area contributed by atoms with Crippen molar-refractivity contribution < 1.29 is 4.21 Å². The van der Waals surface area contributed by atoms with Gasteiger partial charge in [-0.2, -0.15) is 0 Å². The summed E-state index contributed by atoms with van der Waals surface area (Å²) in [5.41, 5.74) is 0.988. The Morgan fingerprint density at radius 1 is 0.938 bits per heavy atom. The summed E-state index contributed by atoms with van der Waals surface area (Å²) in [6.45, 7) is 3.71. The van der Waals surface area contributed by atoms with Gasteiger partial charge in [0.1, 0.15) is 0 Å². The van der Waals surface area contributed by atoms with Crippen molar-refractivity contribution in [3.63, 3.8) is 0 Å². The van der Waals surface area contributed by atoms with Gasteiger partial charge in [-0.3, -0.25) is 0 Å². The van der Waals surface area contributed by atoms with Crippen LogP contribution in [-0.2, 0) is 10.8 Å². The molecule has 0 saturated heterocycles. The van der Waals surface area contributed by atoms with Gasteiger partial charge in [-0.1, -0.05) is 43.0 Å². The molecule has 2 aromatic rings. The van der Waals surface area contributed by atoms with Gasteiger partial charge in [0, 0.05) is 9.79 Å². The molecule has 2 heteroatoms. The van der Waals surface area contributed by atoms with Crippen LogP contribution >= 0.6 is 0 Å². The molecule has 0 aliphatic heterocycles. The van der Waals surface area contributed by atoms with E-state index >= 15 is 0 Å². The van der Waals surface area contributed by atoms with Crippen molar-refractivity contribution in [3.8, 4) is 0 Å². The zero-order valence-corrected chi connectivity index (χ0v) is 9.61. The third-order valence-electron chi connectivity index (χ3n) is 2.27. The molecule has 16 heavy (non-hydrogen) atoms. The van der Waals surface area contributed by atoms with E-state index in [4.69, 9.17) is 0 Å². The van der Waals surface area contributed by atoms with Crippen molar-refractivity contribution in [2.45, 2.75) is 9.79 Å². The first-order valence-corrected chi connectivity index (χ1v) is 6.15. The molecule has 0 radical (unpaired) electrons. The van der Waals surface area contributed by atoms with Crippen molar-refractivity contribution in [2.75, 3.05) is 0 Å². The van der Waals surface area contributed by atoms with E-state index < -0.39 is 10.8 Å². The summed E-state index contributed by atoms with van der Waals surface area (Å²) in [4.78, 5) is 1.63. The van der Waals surface area contributed by atoms with Crippen LogP contribution in [0, 0.1) is 0 Å². The average molecular weight is 228 g/mol. The van der Waals surface area contributed by atoms with Crippen LogP contribution in [0.2, 0.25) is 0 Å². The van der Waals surface area contributed by atoms with Crippen LogP contribution in [0.15, 0.2) is 71.0 Å². The van der Waals surface area contributed by atoms with Crippen molar-refractivity contribution in [3.05, 3.63) is 66.7 Å². The number of rotatable bonds is 3. The third kappa shape index (κ3) is 2.28. The maximum Gasteiger partial charge on any atom is 0.0849 e. The molecule has 0 bridgehead atoms. The molecule has 0 heterocycles. The predicted octanol–water partition coefficient (Wildman–Crippen LogP) is 3.50. The lowest BCUT2D eigenvalue weighted by atomic mass is 10.2. The Hall–Kier alpha value is -1.67. The van der Waals surface area contributed by atoms with E-state index in [-0.39, 0.29) is 0 Å². The Morgan fingerprint density at radius 3 is 2.31 bits per heavy atom. The Labute approximate surface area is 97.9 Å². The van der Waals surface area contributed by atoms with Gasteiger partial charge in [-0.05, 0) is 29.8 Å². The Kier molecular flexibility index (Phi) is 3.32. The fourth-order valence-electron chi connectivity index (χ4n) is 1.44. The molecule has 0 aromatic heterocycles. The van der Waals surface area contributed by atoms with Crippen LogP contribution in [0.25, 0.3) is 6.08 Å². The van der Waals surface area contributed by atoms with Crippen LogP contribution < -0.4 is 0 Å². The van der Waals surface area contributed by atoms with Crippen LogP contribution in [0.1, 0.15) is 5.56 Å². The second-order valence-corrected chi connectivity index (χ2v) is 4.84. The second kappa shape index (κ2) is 4.90. The van der Waals surface area contributed by atoms with Gasteiger partial charge in [0.25, 0.3) is 0 Å². The van der Waals surface area contributed by atoms with E-state index in [1.165, 1.54) is 0 Å². The Morgan fingerprint density at radius 2 is 1.62 bits per heavy atom. The molecule has 80 valence electrons. The van der Waals surface area contributed by atoms with Crippen LogP contribution in [0.3, 0.4) is 0 Å². The molecular formula is C14H12OS. The minimum absolute atomic E-state index is 0.809. The summed E-state index contributed by atoms with van der Waals surface area (Å²) in [5.74, 6) is 0.